The highest BCUT2D eigenvalue weighted by Gasteiger charge is 2.14. The van der Waals surface area contributed by atoms with Crippen molar-refractivity contribution in [2.75, 3.05) is 12.9 Å². The van der Waals surface area contributed by atoms with E-state index in [2.05, 4.69) is 45.1 Å². The fourth-order valence-electron chi connectivity index (χ4n) is 3.25. The summed E-state index contributed by atoms with van der Waals surface area (Å²) in [4.78, 5) is 12.5. The van der Waals surface area contributed by atoms with Gasteiger partial charge in [0, 0.05) is 0 Å². The third-order valence-corrected chi connectivity index (χ3v) is 5.90. The van der Waals surface area contributed by atoms with Gasteiger partial charge in [-0.1, -0.05) is 66.4 Å². The lowest BCUT2D eigenvalue weighted by molar-refractivity contribution is -0.119. The maximum Gasteiger partial charge on any atom is 0.230 e. The van der Waals surface area contributed by atoms with Gasteiger partial charge in [-0.3, -0.25) is 4.79 Å². The van der Waals surface area contributed by atoms with E-state index in [1.54, 1.807) is 11.8 Å². The Hall–Kier alpha value is -3.65. The van der Waals surface area contributed by atoms with Crippen molar-refractivity contribution in [1.82, 2.24) is 25.5 Å². The fraction of sp³-hybridized carbons (Fsp3) is 0.167. The van der Waals surface area contributed by atoms with Crippen LogP contribution in [-0.2, 0) is 4.79 Å². The summed E-state index contributed by atoms with van der Waals surface area (Å²) in [7, 11) is 1.62. The number of thioether (sulfide) groups is 1. The molecule has 0 spiro atoms. The van der Waals surface area contributed by atoms with Crippen LogP contribution in [0.15, 0.2) is 84.0 Å². The van der Waals surface area contributed by atoms with Crippen molar-refractivity contribution in [2.45, 2.75) is 18.1 Å². The van der Waals surface area contributed by atoms with E-state index in [0.717, 1.165) is 22.6 Å². The van der Waals surface area contributed by atoms with Gasteiger partial charge in [-0.2, -0.15) is 4.68 Å². The van der Waals surface area contributed by atoms with E-state index in [0.29, 0.717) is 5.16 Å². The Bertz CT molecular complexity index is 1160. The number of ether oxygens (including phenoxy) is 1. The molecule has 4 rings (SSSR count). The van der Waals surface area contributed by atoms with Gasteiger partial charge in [0.15, 0.2) is 0 Å². The number of aromatic nitrogens is 4. The molecule has 1 amide bonds. The molecule has 1 heterocycles. The van der Waals surface area contributed by atoms with Crippen molar-refractivity contribution in [2.24, 2.45) is 0 Å². The third-order valence-electron chi connectivity index (χ3n) is 4.99. The first-order chi connectivity index (χ1) is 15.6. The molecule has 0 bridgehead atoms. The number of benzene rings is 3. The Morgan fingerprint density at radius 3 is 2.38 bits per heavy atom. The molecule has 3 aromatic carbocycles. The monoisotopic (exact) mass is 445 g/mol. The third kappa shape index (κ3) is 5.15. The van der Waals surface area contributed by atoms with Crippen LogP contribution >= 0.6 is 11.8 Å². The van der Waals surface area contributed by atoms with Crippen LogP contribution in [0.1, 0.15) is 18.5 Å². The van der Waals surface area contributed by atoms with Crippen molar-refractivity contribution in [3.8, 4) is 22.6 Å². The highest BCUT2D eigenvalue weighted by atomic mass is 32.2. The van der Waals surface area contributed by atoms with Crippen LogP contribution in [0.25, 0.3) is 16.8 Å². The highest BCUT2D eigenvalue weighted by molar-refractivity contribution is 7.99. The van der Waals surface area contributed by atoms with Crippen LogP contribution in [0, 0.1) is 0 Å². The summed E-state index contributed by atoms with van der Waals surface area (Å²) in [6.07, 6.45) is 0. The van der Waals surface area contributed by atoms with Gasteiger partial charge in [-0.05, 0) is 58.3 Å². The molecule has 162 valence electrons. The van der Waals surface area contributed by atoms with Crippen molar-refractivity contribution in [3.63, 3.8) is 0 Å². The zero-order valence-corrected chi connectivity index (χ0v) is 18.6. The molecular formula is C24H23N5O2S. The van der Waals surface area contributed by atoms with Gasteiger partial charge in [-0.25, -0.2) is 0 Å². The van der Waals surface area contributed by atoms with Crippen LogP contribution in [0.5, 0.6) is 5.75 Å². The molecule has 8 heteroatoms. The SMILES string of the molecule is COc1ccc(-n2nnnc2SCC(=O)NC(C)c2ccc(-c3ccccc3)cc2)cc1. The van der Waals surface area contributed by atoms with E-state index >= 15 is 0 Å². The quantitative estimate of drug-likeness (QED) is 0.407. The first-order valence-electron chi connectivity index (χ1n) is 10.1. The molecule has 0 aliphatic rings. The van der Waals surface area contributed by atoms with E-state index in [4.69, 9.17) is 4.74 Å². The zero-order valence-electron chi connectivity index (χ0n) is 17.8. The average molecular weight is 446 g/mol. The number of carbonyl (C=O) groups excluding carboxylic acids is 1. The molecule has 4 aromatic rings. The maximum atomic E-state index is 12.5. The van der Waals surface area contributed by atoms with E-state index in [1.807, 2.05) is 61.5 Å². The summed E-state index contributed by atoms with van der Waals surface area (Å²) in [5.41, 5.74) is 4.16. The van der Waals surface area contributed by atoms with Gasteiger partial charge < -0.3 is 10.1 Å². The Balaban J connectivity index is 1.34. The molecule has 1 N–H and O–H groups in total. The van der Waals surface area contributed by atoms with Crippen LogP contribution in [0.2, 0.25) is 0 Å². The summed E-state index contributed by atoms with van der Waals surface area (Å²) in [5, 5.41) is 15.4. The van der Waals surface area contributed by atoms with Gasteiger partial charge in [-0.15, -0.1) is 5.10 Å². The van der Waals surface area contributed by atoms with Gasteiger partial charge in [0.05, 0.1) is 24.6 Å². The molecule has 32 heavy (non-hydrogen) atoms. The summed E-state index contributed by atoms with van der Waals surface area (Å²) in [6.45, 7) is 1.97. The van der Waals surface area contributed by atoms with Crippen molar-refractivity contribution in [1.29, 1.82) is 0 Å². The molecule has 1 atom stereocenters. The van der Waals surface area contributed by atoms with Crippen molar-refractivity contribution in [3.05, 3.63) is 84.4 Å². The minimum atomic E-state index is -0.106. The summed E-state index contributed by atoms with van der Waals surface area (Å²) >= 11 is 1.29. The number of nitrogens with one attached hydrogen (secondary N) is 1. The number of hydrogen-bond donors (Lipinski definition) is 1. The average Bonchev–Trinajstić information content (AvgIpc) is 3.32. The molecule has 0 aliphatic carbocycles. The van der Waals surface area contributed by atoms with Crippen LogP contribution in [-0.4, -0.2) is 39.0 Å². The minimum absolute atomic E-state index is 0.0843. The topological polar surface area (TPSA) is 81.9 Å². The minimum Gasteiger partial charge on any atom is -0.497 e. The van der Waals surface area contributed by atoms with E-state index in [1.165, 1.54) is 17.3 Å². The number of carbonyl (C=O) groups is 1. The molecule has 0 saturated heterocycles. The molecular weight excluding hydrogens is 422 g/mol. The standard InChI is InChI=1S/C24H23N5O2S/c1-17(18-8-10-20(11-9-18)19-6-4-3-5-7-19)25-23(30)16-32-24-26-27-28-29(24)21-12-14-22(31-2)15-13-21/h3-15,17H,16H2,1-2H3,(H,25,30). The molecule has 0 aliphatic heterocycles. The first kappa shape index (κ1) is 21.6. The second kappa shape index (κ2) is 10.1. The molecule has 7 nitrogen and oxygen atoms in total. The van der Waals surface area contributed by atoms with E-state index in [-0.39, 0.29) is 17.7 Å². The number of hydrogen-bond acceptors (Lipinski definition) is 6. The Labute approximate surface area is 190 Å². The van der Waals surface area contributed by atoms with E-state index in [9.17, 15) is 4.79 Å². The van der Waals surface area contributed by atoms with Crippen LogP contribution in [0.4, 0.5) is 0 Å². The Kier molecular flexibility index (Phi) is 6.81. The Morgan fingerprint density at radius 1 is 1.00 bits per heavy atom. The number of amides is 1. The van der Waals surface area contributed by atoms with Crippen LogP contribution in [0.3, 0.4) is 0 Å². The lowest BCUT2D eigenvalue weighted by Gasteiger charge is -2.15. The molecule has 1 unspecified atom stereocenters. The second-order valence-electron chi connectivity index (χ2n) is 7.14. The largest absolute Gasteiger partial charge is 0.497 e. The fourth-order valence-corrected chi connectivity index (χ4v) is 3.95. The number of rotatable bonds is 8. The van der Waals surface area contributed by atoms with Gasteiger partial charge in [0.1, 0.15) is 5.75 Å². The summed E-state index contributed by atoms with van der Waals surface area (Å²) in [6, 6.07) is 25.7. The lowest BCUT2D eigenvalue weighted by Crippen LogP contribution is -2.28. The van der Waals surface area contributed by atoms with Crippen LogP contribution < -0.4 is 10.1 Å². The predicted octanol–water partition coefficient (Wildman–Crippen LogP) is 4.31. The zero-order chi connectivity index (χ0) is 22.3. The molecule has 1 aromatic heterocycles. The predicted molar refractivity (Wildman–Crippen MR) is 125 cm³/mol. The number of nitrogens with zero attached hydrogens (tertiary/aromatic N) is 4. The maximum absolute atomic E-state index is 12.5. The summed E-state index contributed by atoms with van der Waals surface area (Å²) in [5.74, 6) is 0.878. The molecule has 0 saturated carbocycles. The van der Waals surface area contributed by atoms with Crippen molar-refractivity contribution >= 4 is 17.7 Å². The smallest absolute Gasteiger partial charge is 0.230 e. The Morgan fingerprint density at radius 2 is 1.69 bits per heavy atom. The first-order valence-corrected chi connectivity index (χ1v) is 11.1. The molecule has 0 radical (unpaired) electrons. The van der Waals surface area contributed by atoms with Gasteiger partial charge in [0.25, 0.3) is 0 Å². The van der Waals surface area contributed by atoms with Gasteiger partial charge in [0.2, 0.25) is 11.1 Å². The van der Waals surface area contributed by atoms with Crippen molar-refractivity contribution < 1.29 is 9.53 Å². The normalized spacial score (nSPS) is 11.7. The van der Waals surface area contributed by atoms with E-state index < -0.39 is 0 Å². The van der Waals surface area contributed by atoms with Gasteiger partial charge >= 0.3 is 0 Å². The molecule has 0 fully saturated rings. The lowest BCUT2D eigenvalue weighted by atomic mass is 10.0. The highest BCUT2D eigenvalue weighted by Crippen LogP contribution is 2.23. The number of tetrazole rings is 1. The summed E-state index contributed by atoms with van der Waals surface area (Å²) < 4.78 is 6.78. The number of methoxy groups -OCH3 is 1. The second-order valence-corrected chi connectivity index (χ2v) is 8.08.